The zero-order valence-electron chi connectivity index (χ0n) is 12.1. The van der Waals surface area contributed by atoms with Gasteiger partial charge in [0.2, 0.25) is 0 Å². The van der Waals surface area contributed by atoms with E-state index in [0.29, 0.717) is 6.54 Å². The summed E-state index contributed by atoms with van der Waals surface area (Å²) in [4.78, 5) is 9.71. The smallest absolute Gasteiger partial charge is 0.151 e. The number of anilines is 1. The number of fused-ring (bicyclic) bond motifs is 1. The number of aromatic nitrogens is 2. The molecule has 3 heterocycles. The summed E-state index contributed by atoms with van der Waals surface area (Å²) in [5.74, 6) is 1.12. The van der Waals surface area contributed by atoms with Crippen LogP contribution in [0.5, 0.6) is 0 Å². The molecule has 0 unspecified atom stereocenters. The standard InChI is InChI=1S/C15H23N5/c1-2-18-9-11-19(12-10-18)15-13(6-7-16)20-8-4-3-5-14(20)17-15/h3-5,8H,2,6-7,9-12,16H2,1H3. The maximum Gasteiger partial charge on any atom is 0.151 e. The molecule has 5 nitrogen and oxygen atoms in total. The fourth-order valence-corrected chi connectivity index (χ4v) is 2.93. The van der Waals surface area contributed by atoms with Gasteiger partial charge in [0.1, 0.15) is 5.65 Å². The summed E-state index contributed by atoms with van der Waals surface area (Å²) >= 11 is 0. The number of hydrogen-bond donors (Lipinski definition) is 1. The molecule has 2 aromatic heterocycles. The lowest BCUT2D eigenvalue weighted by Crippen LogP contribution is -2.46. The first-order valence-electron chi connectivity index (χ1n) is 7.46. The van der Waals surface area contributed by atoms with E-state index in [1.165, 1.54) is 5.69 Å². The van der Waals surface area contributed by atoms with E-state index >= 15 is 0 Å². The minimum Gasteiger partial charge on any atom is -0.353 e. The van der Waals surface area contributed by atoms with Crippen molar-refractivity contribution in [3.63, 3.8) is 0 Å². The molecule has 0 amide bonds. The van der Waals surface area contributed by atoms with Gasteiger partial charge in [0.25, 0.3) is 0 Å². The van der Waals surface area contributed by atoms with E-state index in [1.807, 2.05) is 12.1 Å². The van der Waals surface area contributed by atoms with E-state index in [0.717, 1.165) is 50.6 Å². The SMILES string of the molecule is CCN1CCN(c2nc3ccccn3c2CCN)CC1. The van der Waals surface area contributed by atoms with Gasteiger partial charge in [-0.05, 0) is 25.2 Å². The van der Waals surface area contributed by atoms with E-state index in [1.54, 1.807) is 0 Å². The summed E-state index contributed by atoms with van der Waals surface area (Å²) in [5.41, 5.74) is 8.05. The predicted octanol–water partition coefficient (Wildman–Crippen LogP) is 0.977. The van der Waals surface area contributed by atoms with Crippen molar-refractivity contribution in [1.82, 2.24) is 14.3 Å². The number of nitrogens with zero attached hydrogens (tertiary/aromatic N) is 4. The maximum atomic E-state index is 5.78. The van der Waals surface area contributed by atoms with Gasteiger partial charge in [-0.2, -0.15) is 0 Å². The minimum atomic E-state index is 0.657. The second-order valence-corrected chi connectivity index (χ2v) is 5.27. The Hall–Kier alpha value is -1.59. The average Bonchev–Trinajstić information content (AvgIpc) is 2.87. The van der Waals surface area contributed by atoms with E-state index in [4.69, 9.17) is 10.7 Å². The molecule has 1 fully saturated rings. The molecule has 0 aromatic carbocycles. The van der Waals surface area contributed by atoms with Crippen LogP contribution in [-0.4, -0.2) is 53.6 Å². The lowest BCUT2D eigenvalue weighted by molar-refractivity contribution is 0.270. The third-order valence-corrected chi connectivity index (χ3v) is 4.11. The van der Waals surface area contributed by atoms with Gasteiger partial charge >= 0.3 is 0 Å². The van der Waals surface area contributed by atoms with Crippen LogP contribution in [0.4, 0.5) is 5.82 Å². The van der Waals surface area contributed by atoms with Gasteiger partial charge in [-0.25, -0.2) is 4.98 Å². The van der Waals surface area contributed by atoms with Crippen LogP contribution < -0.4 is 10.6 Å². The first kappa shape index (κ1) is 13.4. The Kier molecular flexibility index (Phi) is 3.89. The van der Waals surface area contributed by atoms with Crippen molar-refractivity contribution in [2.24, 2.45) is 5.73 Å². The monoisotopic (exact) mass is 273 g/mol. The van der Waals surface area contributed by atoms with Crippen molar-refractivity contribution in [3.8, 4) is 0 Å². The molecule has 5 heteroatoms. The topological polar surface area (TPSA) is 49.8 Å². The highest BCUT2D eigenvalue weighted by atomic mass is 15.3. The molecule has 3 rings (SSSR count). The molecule has 0 saturated carbocycles. The van der Waals surface area contributed by atoms with Crippen molar-refractivity contribution in [3.05, 3.63) is 30.1 Å². The van der Waals surface area contributed by atoms with Crippen LogP contribution >= 0.6 is 0 Å². The summed E-state index contributed by atoms with van der Waals surface area (Å²) < 4.78 is 2.17. The van der Waals surface area contributed by atoms with Gasteiger partial charge in [0.05, 0.1) is 5.69 Å². The summed E-state index contributed by atoms with van der Waals surface area (Å²) in [6.45, 7) is 8.35. The number of hydrogen-bond acceptors (Lipinski definition) is 4. The zero-order valence-corrected chi connectivity index (χ0v) is 12.1. The minimum absolute atomic E-state index is 0.657. The van der Waals surface area contributed by atoms with E-state index in [9.17, 15) is 0 Å². The predicted molar refractivity (Wildman–Crippen MR) is 82.3 cm³/mol. The molecule has 1 aliphatic rings. The molecule has 0 spiro atoms. The van der Waals surface area contributed by atoms with Gasteiger partial charge in [0, 0.05) is 38.8 Å². The molecule has 0 aliphatic carbocycles. The van der Waals surface area contributed by atoms with E-state index in [2.05, 4.69) is 33.4 Å². The van der Waals surface area contributed by atoms with Gasteiger partial charge in [-0.1, -0.05) is 13.0 Å². The van der Waals surface area contributed by atoms with Crippen molar-refractivity contribution in [2.45, 2.75) is 13.3 Å². The zero-order chi connectivity index (χ0) is 13.9. The average molecular weight is 273 g/mol. The number of likely N-dealkylation sites (N-methyl/N-ethyl adjacent to an activating group) is 1. The largest absolute Gasteiger partial charge is 0.353 e. The summed E-state index contributed by atoms with van der Waals surface area (Å²) in [6.07, 6.45) is 2.95. The van der Waals surface area contributed by atoms with Crippen LogP contribution in [0, 0.1) is 0 Å². The molecule has 0 radical (unpaired) electrons. The fraction of sp³-hybridized carbons (Fsp3) is 0.533. The first-order chi connectivity index (χ1) is 9.83. The normalized spacial score (nSPS) is 17.0. The number of nitrogens with two attached hydrogens (primary N) is 1. The molecule has 108 valence electrons. The number of pyridine rings is 1. The highest BCUT2D eigenvalue weighted by Crippen LogP contribution is 2.23. The second kappa shape index (κ2) is 5.81. The van der Waals surface area contributed by atoms with Crippen LogP contribution in [0.1, 0.15) is 12.6 Å². The van der Waals surface area contributed by atoms with Crippen LogP contribution in [0.3, 0.4) is 0 Å². The summed E-state index contributed by atoms with van der Waals surface area (Å²) in [6, 6.07) is 6.15. The molecule has 1 saturated heterocycles. The van der Waals surface area contributed by atoms with E-state index < -0.39 is 0 Å². The Bertz CT molecular complexity index is 569. The molecule has 1 aliphatic heterocycles. The van der Waals surface area contributed by atoms with Crippen LogP contribution in [0.25, 0.3) is 5.65 Å². The molecule has 0 atom stereocenters. The van der Waals surface area contributed by atoms with Gasteiger partial charge in [-0.3, -0.25) is 0 Å². The Morgan fingerprint density at radius 2 is 2.00 bits per heavy atom. The lowest BCUT2D eigenvalue weighted by atomic mass is 10.2. The number of imidazole rings is 1. The van der Waals surface area contributed by atoms with E-state index in [-0.39, 0.29) is 0 Å². The first-order valence-corrected chi connectivity index (χ1v) is 7.46. The molecule has 2 aromatic rings. The third-order valence-electron chi connectivity index (χ3n) is 4.11. The second-order valence-electron chi connectivity index (χ2n) is 5.27. The van der Waals surface area contributed by atoms with Crippen molar-refractivity contribution < 1.29 is 0 Å². The third kappa shape index (κ3) is 2.39. The molecular formula is C15H23N5. The summed E-state index contributed by atoms with van der Waals surface area (Å²) in [7, 11) is 0. The van der Waals surface area contributed by atoms with Gasteiger partial charge < -0.3 is 19.9 Å². The highest BCUT2D eigenvalue weighted by Gasteiger charge is 2.21. The van der Waals surface area contributed by atoms with Gasteiger partial charge in [-0.15, -0.1) is 0 Å². The maximum absolute atomic E-state index is 5.78. The Morgan fingerprint density at radius 3 is 2.70 bits per heavy atom. The summed E-state index contributed by atoms with van der Waals surface area (Å²) in [5, 5.41) is 0. The van der Waals surface area contributed by atoms with Crippen molar-refractivity contribution in [1.29, 1.82) is 0 Å². The Labute approximate surface area is 120 Å². The van der Waals surface area contributed by atoms with Gasteiger partial charge in [0.15, 0.2) is 5.82 Å². The Balaban J connectivity index is 1.92. The molecule has 20 heavy (non-hydrogen) atoms. The van der Waals surface area contributed by atoms with Crippen molar-refractivity contribution in [2.75, 3.05) is 44.2 Å². The molecular weight excluding hydrogens is 250 g/mol. The molecule has 0 bridgehead atoms. The lowest BCUT2D eigenvalue weighted by Gasteiger charge is -2.34. The fourth-order valence-electron chi connectivity index (χ4n) is 2.93. The molecule has 2 N–H and O–H groups in total. The quantitative estimate of drug-likeness (QED) is 0.902. The Morgan fingerprint density at radius 1 is 1.20 bits per heavy atom. The van der Waals surface area contributed by atoms with Crippen LogP contribution in [0.15, 0.2) is 24.4 Å². The van der Waals surface area contributed by atoms with Crippen molar-refractivity contribution >= 4 is 11.5 Å². The number of piperazine rings is 1. The van der Waals surface area contributed by atoms with Crippen LogP contribution in [-0.2, 0) is 6.42 Å². The number of rotatable bonds is 4. The van der Waals surface area contributed by atoms with Crippen LogP contribution in [0.2, 0.25) is 0 Å². The highest BCUT2D eigenvalue weighted by molar-refractivity contribution is 5.56.